The van der Waals surface area contributed by atoms with Crippen molar-refractivity contribution in [2.45, 2.75) is 13.3 Å². The highest BCUT2D eigenvalue weighted by molar-refractivity contribution is 7.13. The van der Waals surface area contributed by atoms with E-state index in [-0.39, 0.29) is 19.1 Å². The lowest BCUT2D eigenvalue weighted by Crippen LogP contribution is -2.15. The number of aromatic nitrogens is 1. The van der Waals surface area contributed by atoms with Gasteiger partial charge < -0.3 is 19.2 Å². The lowest BCUT2D eigenvalue weighted by Gasteiger charge is -2.05. The van der Waals surface area contributed by atoms with Crippen LogP contribution in [0.2, 0.25) is 0 Å². The predicted octanol–water partition coefficient (Wildman–Crippen LogP) is 3.62. The second kappa shape index (κ2) is 6.01. The molecule has 6 nitrogen and oxygen atoms in total. The minimum absolute atomic E-state index is 0.148. The Balaban J connectivity index is 1.46. The number of anilines is 1. The van der Waals surface area contributed by atoms with Crippen molar-refractivity contribution in [2.24, 2.45) is 0 Å². The maximum absolute atomic E-state index is 12.3. The molecule has 1 aliphatic heterocycles. The molecule has 2 aromatic heterocycles. The highest BCUT2D eigenvalue weighted by Crippen LogP contribution is 2.34. The third-order valence-electron chi connectivity index (χ3n) is 3.61. The van der Waals surface area contributed by atoms with Gasteiger partial charge in [0.15, 0.2) is 11.5 Å². The van der Waals surface area contributed by atoms with Crippen molar-refractivity contribution in [1.82, 2.24) is 4.98 Å². The lowest BCUT2D eigenvalue weighted by molar-refractivity contribution is -0.115. The van der Waals surface area contributed by atoms with Crippen LogP contribution < -0.4 is 14.8 Å². The van der Waals surface area contributed by atoms with E-state index in [1.807, 2.05) is 24.4 Å². The summed E-state index contributed by atoms with van der Waals surface area (Å²) in [6.45, 7) is 2.02. The Bertz CT molecular complexity index is 886. The number of hydrogen-bond donors (Lipinski definition) is 1. The smallest absolute Gasteiger partial charge is 0.236 e. The fraction of sp³-hybridized carbons (Fsp3) is 0.176. The SMILES string of the molecule is Cc1oc(-c2cccs2)nc1CC(=O)Nc1ccc2c(c1)OCO2. The third-order valence-corrected chi connectivity index (χ3v) is 4.47. The number of carbonyl (C=O) groups excluding carboxylic acids is 1. The van der Waals surface area contributed by atoms with E-state index in [0.717, 1.165) is 4.88 Å². The number of rotatable bonds is 4. The van der Waals surface area contributed by atoms with Crippen molar-refractivity contribution in [1.29, 1.82) is 0 Å². The Morgan fingerprint density at radius 3 is 3.00 bits per heavy atom. The first-order valence-corrected chi connectivity index (χ1v) is 8.27. The zero-order valence-corrected chi connectivity index (χ0v) is 13.7. The monoisotopic (exact) mass is 342 g/mol. The van der Waals surface area contributed by atoms with Gasteiger partial charge in [-0.3, -0.25) is 4.79 Å². The largest absolute Gasteiger partial charge is 0.454 e. The molecule has 3 heterocycles. The van der Waals surface area contributed by atoms with Gasteiger partial charge in [0, 0.05) is 11.8 Å². The molecule has 0 unspecified atom stereocenters. The molecule has 1 aliphatic rings. The molecule has 122 valence electrons. The first-order chi connectivity index (χ1) is 11.7. The first kappa shape index (κ1) is 14.8. The van der Waals surface area contributed by atoms with Crippen molar-refractivity contribution in [2.75, 3.05) is 12.1 Å². The summed E-state index contributed by atoms with van der Waals surface area (Å²) in [5.74, 6) is 2.35. The maximum atomic E-state index is 12.3. The minimum atomic E-state index is -0.164. The molecular formula is C17H14N2O4S. The Morgan fingerprint density at radius 2 is 2.17 bits per heavy atom. The average molecular weight is 342 g/mol. The zero-order valence-electron chi connectivity index (χ0n) is 12.9. The number of hydrogen-bond acceptors (Lipinski definition) is 6. The van der Waals surface area contributed by atoms with E-state index >= 15 is 0 Å². The Hall–Kier alpha value is -2.80. The molecule has 4 rings (SSSR count). The molecule has 0 saturated heterocycles. The number of amides is 1. The second-order valence-electron chi connectivity index (χ2n) is 5.29. The summed E-state index contributed by atoms with van der Waals surface area (Å²) < 4.78 is 16.2. The van der Waals surface area contributed by atoms with E-state index < -0.39 is 0 Å². The summed E-state index contributed by atoms with van der Waals surface area (Å²) in [7, 11) is 0. The predicted molar refractivity (Wildman–Crippen MR) is 89.5 cm³/mol. The fourth-order valence-corrected chi connectivity index (χ4v) is 3.08. The van der Waals surface area contributed by atoms with E-state index in [2.05, 4.69) is 10.3 Å². The summed E-state index contributed by atoms with van der Waals surface area (Å²) in [5.41, 5.74) is 1.29. The van der Waals surface area contributed by atoms with Gasteiger partial charge in [0.2, 0.25) is 18.6 Å². The number of aryl methyl sites for hydroxylation is 1. The normalized spacial score (nSPS) is 12.4. The quantitative estimate of drug-likeness (QED) is 0.784. The number of benzene rings is 1. The molecule has 0 radical (unpaired) electrons. The van der Waals surface area contributed by atoms with Crippen LogP contribution in [0.3, 0.4) is 0 Å². The van der Waals surface area contributed by atoms with Gasteiger partial charge in [-0.15, -0.1) is 11.3 Å². The molecule has 7 heteroatoms. The molecule has 0 atom stereocenters. The number of ether oxygens (including phenoxy) is 2. The summed E-state index contributed by atoms with van der Waals surface area (Å²) in [6, 6.07) is 9.16. The van der Waals surface area contributed by atoms with Crippen molar-refractivity contribution in [3.63, 3.8) is 0 Å². The van der Waals surface area contributed by atoms with Crippen LogP contribution in [0.1, 0.15) is 11.5 Å². The molecule has 0 spiro atoms. The van der Waals surface area contributed by atoms with Gasteiger partial charge in [-0.2, -0.15) is 0 Å². The van der Waals surface area contributed by atoms with Crippen LogP contribution in [-0.2, 0) is 11.2 Å². The zero-order chi connectivity index (χ0) is 16.5. The van der Waals surface area contributed by atoms with Crippen LogP contribution in [0.15, 0.2) is 40.1 Å². The van der Waals surface area contributed by atoms with Crippen LogP contribution in [0, 0.1) is 6.92 Å². The van der Waals surface area contributed by atoms with E-state index in [4.69, 9.17) is 13.9 Å². The molecule has 0 fully saturated rings. The lowest BCUT2D eigenvalue weighted by atomic mass is 10.2. The van der Waals surface area contributed by atoms with Crippen LogP contribution in [-0.4, -0.2) is 17.7 Å². The molecule has 1 aromatic carbocycles. The summed E-state index contributed by atoms with van der Waals surface area (Å²) in [5, 5.41) is 4.80. The molecule has 1 N–H and O–H groups in total. The van der Waals surface area contributed by atoms with Crippen LogP contribution in [0.5, 0.6) is 11.5 Å². The minimum Gasteiger partial charge on any atom is -0.454 e. The van der Waals surface area contributed by atoms with E-state index in [1.165, 1.54) is 0 Å². The number of fused-ring (bicyclic) bond motifs is 1. The van der Waals surface area contributed by atoms with Crippen LogP contribution in [0.25, 0.3) is 10.8 Å². The van der Waals surface area contributed by atoms with Crippen molar-refractivity contribution in [3.05, 3.63) is 47.2 Å². The highest BCUT2D eigenvalue weighted by atomic mass is 32.1. The number of carbonyl (C=O) groups is 1. The summed E-state index contributed by atoms with van der Waals surface area (Å²) in [6.07, 6.45) is 0.148. The first-order valence-electron chi connectivity index (χ1n) is 7.39. The van der Waals surface area contributed by atoms with E-state index in [0.29, 0.717) is 34.5 Å². The van der Waals surface area contributed by atoms with Crippen molar-refractivity contribution in [3.8, 4) is 22.3 Å². The topological polar surface area (TPSA) is 73.6 Å². The number of oxazole rings is 1. The summed E-state index contributed by atoms with van der Waals surface area (Å²) >= 11 is 1.55. The molecule has 24 heavy (non-hydrogen) atoms. The molecule has 3 aromatic rings. The number of thiophene rings is 1. The van der Waals surface area contributed by atoms with Gasteiger partial charge in [-0.1, -0.05) is 6.07 Å². The Labute approximate surface area is 142 Å². The molecular weight excluding hydrogens is 328 g/mol. The maximum Gasteiger partial charge on any atom is 0.236 e. The second-order valence-corrected chi connectivity index (χ2v) is 6.24. The van der Waals surface area contributed by atoms with Crippen molar-refractivity contribution >= 4 is 22.9 Å². The fourth-order valence-electron chi connectivity index (χ4n) is 2.43. The van der Waals surface area contributed by atoms with Gasteiger partial charge in [0.05, 0.1) is 17.0 Å². The van der Waals surface area contributed by atoms with Gasteiger partial charge in [-0.05, 0) is 30.5 Å². The van der Waals surface area contributed by atoms with Gasteiger partial charge in [0.25, 0.3) is 0 Å². The molecule has 1 amide bonds. The van der Waals surface area contributed by atoms with Crippen molar-refractivity contribution < 1.29 is 18.7 Å². The van der Waals surface area contributed by atoms with Gasteiger partial charge in [-0.25, -0.2) is 4.98 Å². The number of nitrogens with one attached hydrogen (secondary N) is 1. The molecule has 0 aliphatic carbocycles. The number of nitrogens with zero attached hydrogens (tertiary/aromatic N) is 1. The third kappa shape index (κ3) is 2.85. The van der Waals surface area contributed by atoms with Crippen LogP contribution in [0.4, 0.5) is 5.69 Å². The summed E-state index contributed by atoms with van der Waals surface area (Å²) in [4.78, 5) is 17.6. The molecule has 0 saturated carbocycles. The van der Waals surface area contributed by atoms with Gasteiger partial charge >= 0.3 is 0 Å². The standard InChI is InChI=1S/C17H14N2O4S/c1-10-12(19-17(23-10)15-3-2-6-24-15)8-16(20)18-11-4-5-13-14(7-11)22-9-21-13/h2-7H,8-9H2,1H3,(H,18,20). The van der Waals surface area contributed by atoms with Crippen LogP contribution >= 0.6 is 11.3 Å². The molecule has 0 bridgehead atoms. The Morgan fingerprint density at radius 1 is 1.29 bits per heavy atom. The van der Waals surface area contributed by atoms with E-state index in [1.54, 1.807) is 29.5 Å². The van der Waals surface area contributed by atoms with E-state index in [9.17, 15) is 4.79 Å². The Kier molecular flexibility index (Phi) is 3.70. The van der Waals surface area contributed by atoms with Gasteiger partial charge in [0.1, 0.15) is 5.76 Å². The highest BCUT2D eigenvalue weighted by Gasteiger charge is 2.17. The average Bonchev–Trinajstić information content (AvgIpc) is 3.28.